The molecule has 1 aliphatic heterocycles. The Balaban J connectivity index is 2.20. The van der Waals surface area contributed by atoms with Crippen molar-refractivity contribution < 1.29 is 8.78 Å². The molecule has 0 radical (unpaired) electrons. The van der Waals surface area contributed by atoms with Crippen LogP contribution in [0.25, 0.3) is 0 Å². The molecule has 0 aromatic heterocycles. The van der Waals surface area contributed by atoms with E-state index in [1.165, 1.54) is 12.1 Å². The molecule has 21 heavy (non-hydrogen) atoms. The molecule has 1 saturated heterocycles. The maximum absolute atomic E-state index is 14.2. The van der Waals surface area contributed by atoms with Crippen molar-refractivity contribution in [2.75, 3.05) is 13.1 Å². The van der Waals surface area contributed by atoms with Gasteiger partial charge in [0.1, 0.15) is 11.6 Å². The fourth-order valence-corrected chi connectivity index (χ4v) is 3.29. The van der Waals surface area contributed by atoms with Gasteiger partial charge in [-0.25, -0.2) is 8.78 Å². The van der Waals surface area contributed by atoms with Gasteiger partial charge in [-0.05, 0) is 47.3 Å². The Labute approximate surface area is 134 Å². The van der Waals surface area contributed by atoms with Gasteiger partial charge in [0.2, 0.25) is 0 Å². The maximum Gasteiger partial charge on any atom is 0.144 e. The molecule has 1 heterocycles. The van der Waals surface area contributed by atoms with Gasteiger partial charge >= 0.3 is 0 Å². The van der Waals surface area contributed by atoms with Gasteiger partial charge in [0, 0.05) is 37.3 Å². The number of nitrogens with one attached hydrogen (secondary N) is 1. The third kappa shape index (κ3) is 4.24. The molecule has 118 valence electrons. The molecule has 2 unspecified atom stereocenters. The summed E-state index contributed by atoms with van der Waals surface area (Å²) in [5, 5.41) is 3.46. The summed E-state index contributed by atoms with van der Waals surface area (Å²) >= 11 is 3.14. The predicted octanol–water partition coefficient (Wildman–Crippen LogP) is 3.94. The Bertz CT molecular complexity index is 493. The molecule has 1 aromatic carbocycles. The average molecular weight is 361 g/mol. The zero-order chi connectivity index (χ0) is 15.6. The van der Waals surface area contributed by atoms with Crippen molar-refractivity contribution in [3.8, 4) is 0 Å². The summed E-state index contributed by atoms with van der Waals surface area (Å²) in [5.41, 5.74) is 0.159. The van der Waals surface area contributed by atoms with Crippen LogP contribution in [0, 0.1) is 17.6 Å². The Morgan fingerprint density at radius 3 is 2.76 bits per heavy atom. The van der Waals surface area contributed by atoms with Crippen LogP contribution in [0.5, 0.6) is 0 Å². The van der Waals surface area contributed by atoms with E-state index in [0.717, 1.165) is 19.5 Å². The van der Waals surface area contributed by atoms with Gasteiger partial charge in [0.05, 0.1) is 4.47 Å². The second-order valence-electron chi connectivity index (χ2n) is 6.34. The normalized spacial score (nSPS) is 23.8. The van der Waals surface area contributed by atoms with Crippen LogP contribution in [0.15, 0.2) is 16.6 Å². The molecule has 2 atom stereocenters. The largest absolute Gasteiger partial charge is 0.311 e. The lowest BCUT2D eigenvalue weighted by molar-refractivity contribution is 0.108. The topological polar surface area (TPSA) is 15.3 Å². The first-order chi connectivity index (χ1) is 9.88. The van der Waals surface area contributed by atoms with E-state index < -0.39 is 11.6 Å². The van der Waals surface area contributed by atoms with Gasteiger partial charge in [0.15, 0.2) is 0 Å². The summed E-state index contributed by atoms with van der Waals surface area (Å²) in [6.07, 6.45) is 1.02. The highest BCUT2D eigenvalue weighted by Crippen LogP contribution is 2.25. The van der Waals surface area contributed by atoms with E-state index in [2.05, 4.69) is 46.9 Å². The van der Waals surface area contributed by atoms with E-state index in [1.807, 2.05) is 0 Å². The van der Waals surface area contributed by atoms with Crippen LogP contribution < -0.4 is 5.32 Å². The molecule has 0 bridgehead atoms. The molecule has 0 saturated carbocycles. The van der Waals surface area contributed by atoms with Crippen molar-refractivity contribution in [1.29, 1.82) is 0 Å². The van der Waals surface area contributed by atoms with Crippen molar-refractivity contribution in [2.45, 2.75) is 45.8 Å². The summed E-state index contributed by atoms with van der Waals surface area (Å²) in [6, 6.07) is 3.40. The Morgan fingerprint density at radius 2 is 2.10 bits per heavy atom. The fourth-order valence-electron chi connectivity index (χ4n) is 2.92. The van der Waals surface area contributed by atoms with Gasteiger partial charge in [-0.15, -0.1) is 0 Å². The van der Waals surface area contributed by atoms with Crippen LogP contribution >= 0.6 is 15.9 Å². The summed E-state index contributed by atoms with van der Waals surface area (Å²) in [6.45, 7) is 8.46. The Hall–Kier alpha value is -0.520. The number of rotatable bonds is 4. The lowest BCUT2D eigenvalue weighted by Gasteiger charge is -2.40. The lowest BCUT2D eigenvalue weighted by Crippen LogP contribution is -2.55. The first-order valence-electron chi connectivity index (χ1n) is 7.48. The van der Waals surface area contributed by atoms with Crippen LogP contribution in [-0.2, 0) is 6.54 Å². The average Bonchev–Trinajstić information content (AvgIpc) is 2.41. The van der Waals surface area contributed by atoms with E-state index in [9.17, 15) is 8.78 Å². The summed E-state index contributed by atoms with van der Waals surface area (Å²) in [7, 11) is 0. The highest BCUT2D eigenvalue weighted by Gasteiger charge is 2.28. The SMILES string of the molecule is CC(C)CC1CNC(C)CN1Cc1c(F)ccc(Br)c1F. The zero-order valence-electron chi connectivity index (χ0n) is 12.8. The van der Waals surface area contributed by atoms with Crippen LogP contribution in [0.2, 0.25) is 0 Å². The second kappa shape index (κ2) is 7.16. The molecular formula is C16H23BrF2N2. The van der Waals surface area contributed by atoms with Gasteiger partial charge in [0.25, 0.3) is 0 Å². The molecule has 0 amide bonds. The molecule has 5 heteroatoms. The molecule has 2 nitrogen and oxygen atoms in total. The molecule has 0 spiro atoms. The van der Waals surface area contributed by atoms with Crippen LogP contribution in [-0.4, -0.2) is 30.1 Å². The number of nitrogens with zero attached hydrogens (tertiary/aromatic N) is 1. The van der Waals surface area contributed by atoms with Crippen molar-refractivity contribution in [1.82, 2.24) is 10.2 Å². The number of hydrogen-bond donors (Lipinski definition) is 1. The highest BCUT2D eigenvalue weighted by atomic mass is 79.9. The van der Waals surface area contributed by atoms with Gasteiger partial charge in [-0.3, -0.25) is 4.90 Å². The molecule has 1 N–H and O–H groups in total. The molecule has 1 aliphatic rings. The molecular weight excluding hydrogens is 338 g/mol. The van der Waals surface area contributed by atoms with Crippen LogP contribution in [0.3, 0.4) is 0 Å². The van der Waals surface area contributed by atoms with E-state index in [4.69, 9.17) is 0 Å². The van der Waals surface area contributed by atoms with E-state index >= 15 is 0 Å². The third-order valence-corrected chi connectivity index (χ3v) is 4.58. The number of halogens is 3. The maximum atomic E-state index is 14.2. The Kier molecular flexibility index (Phi) is 5.74. The monoisotopic (exact) mass is 360 g/mol. The molecule has 1 aromatic rings. The smallest absolute Gasteiger partial charge is 0.144 e. The molecule has 2 rings (SSSR count). The third-order valence-electron chi connectivity index (χ3n) is 3.97. The zero-order valence-corrected chi connectivity index (χ0v) is 14.4. The highest BCUT2D eigenvalue weighted by molar-refractivity contribution is 9.10. The van der Waals surface area contributed by atoms with Gasteiger partial charge in [-0.1, -0.05) is 13.8 Å². The van der Waals surface area contributed by atoms with Crippen molar-refractivity contribution >= 4 is 15.9 Å². The van der Waals surface area contributed by atoms with Crippen molar-refractivity contribution in [3.05, 3.63) is 33.8 Å². The minimum atomic E-state index is -0.482. The fraction of sp³-hybridized carbons (Fsp3) is 0.625. The Morgan fingerprint density at radius 1 is 1.38 bits per heavy atom. The standard InChI is InChI=1S/C16H23BrF2N2/c1-10(2)6-12-7-20-11(3)8-21(12)9-13-15(18)5-4-14(17)16(13)19/h4-5,10-12,20H,6-9H2,1-3H3. The summed E-state index contributed by atoms with van der Waals surface area (Å²) in [4.78, 5) is 2.20. The van der Waals surface area contributed by atoms with E-state index in [0.29, 0.717) is 29.0 Å². The lowest BCUT2D eigenvalue weighted by atomic mass is 9.98. The first kappa shape index (κ1) is 16.8. The van der Waals surface area contributed by atoms with Crippen molar-refractivity contribution in [2.24, 2.45) is 5.92 Å². The summed E-state index contributed by atoms with van der Waals surface area (Å²) in [5.74, 6) is -0.389. The second-order valence-corrected chi connectivity index (χ2v) is 7.20. The number of piperazine rings is 1. The summed E-state index contributed by atoms with van der Waals surface area (Å²) < 4.78 is 28.5. The van der Waals surface area contributed by atoms with Crippen molar-refractivity contribution in [3.63, 3.8) is 0 Å². The molecule has 0 aliphatic carbocycles. The number of hydrogen-bond acceptors (Lipinski definition) is 2. The first-order valence-corrected chi connectivity index (χ1v) is 8.27. The predicted molar refractivity (Wildman–Crippen MR) is 85.2 cm³/mol. The minimum absolute atomic E-state index is 0.159. The van der Waals surface area contributed by atoms with Gasteiger partial charge in [-0.2, -0.15) is 0 Å². The van der Waals surface area contributed by atoms with E-state index in [-0.39, 0.29) is 5.56 Å². The van der Waals surface area contributed by atoms with Crippen LogP contribution in [0.1, 0.15) is 32.8 Å². The van der Waals surface area contributed by atoms with Crippen LogP contribution in [0.4, 0.5) is 8.78 Å². The van der Waals surface area contributed by atoms with E-state index in [1.54, 1.807) is 0 Å². The quantitative estimate of drug-likeness (QED) is 0.818. The number of benzene rings is 1. The molecule has 1 fully saturated rings. The minimum Gasteiger partial charge on any atom is -0.311 e. The van der Waals surface area contributed by atoms with Gasteiger partial charge < -0.3 is 5.32 Å².